The summed E-state index contributed by atoms with van der Waals surface area (Å²) < 4.78 is 0. The van der Waals surface area contributed by atoms with E-state index in [1.165, 1.54) is 6.42 Å². The molecule has 3 heteroatoms. The maximum absolute atomic E-state index is 10.1. The molecule has 1 saturated heterocycles. The lowest BCUT2D eigenvalue weighted by atomic mass is 9.79. The van der Waals surface area contributed by atoms with Gasteiger partial charge in [0.2, 0.25) is 6.41 Å². The maximum atomic E-state index is 10.1. The first-order valence-electron chi connectivity index (χ1n) is 6.34. The number of nitrogens with zero attached hydrogens (tertiary/aromatic N) is 1. The van der Waals surface area contributed by atoms with E-state index in [1.54, 1.807) is 4.90 Å². The molecule has 1 N–H and O–H groups in total. The minimum absolute atomic E-state index is 0.542. The molecule has 1 heterocycles. The quantitative estimate of drug-likeness (QED) is 0.751. The van der Waals surface area contributed by atoms with Crippen LogP contribution in [0.3, 0.4) is 0 Å². The van der Waals surface area contributed by atoms with Crippen molar-refractivity contribution in [3.05, 3.63) is 0 Å². The highest BCUT2D eigenvalue weighted by Gasteiger charge is 2.18. The van der Waals surface area contributed by atoms with Gasteiger partial charge in [0.15, 0.2) is 0 Å². The second-order valence-corrected chi connectivity index (χ2v) is 5.39. The van der Waals surface area contributed by atoms with Gasteiger partial charge in [0.1, 0.15) is 0 Å². The molecule has 0 saturated carbocycles. The average Bonchev–Trinajstić information content (AvgIpc) is 2.30. The Bertz CT molecular complexity index is 184. The van der Waals surface area contributed by atoms with Gasteiger partial charge in [-0.05, 0) is 11.3 Å². The van der Waals surface area contributed by atoms with E-state index >= 15 is 0 Å². The number of hydrogen-bond donors (Lipinski definition) is 1. The molecule has 3 nitrogen and oxygen atoms in total. The van der Waals surface area contributed by atoms with E-state index in [2.05, 4.69) is 39.9 Å². The molecule has 1 aliphatic rings. The fourth-order valence-electron chi connectivity index (χ4n) is 1.20. The van der Waals surface area contributed by atoms with Crippen LogP contribution in [0, 0.1) is 11.3 Å². The summed E-state index contributed by atoms with van der Waals surface area (Å²) in [5.41, 5.74) is 0.542. The van der Waals surface area contributed by atoms with Crippen molar-refractivity contribution >= 4 is 6.41 Å². The largest absolute Gasteiger partial charge is 0.343 e. The van der Waals surface area contributed by atoms with Crippen molar-refractivity contribution in [3.63, 3.8) is 0 Å². The van der Waals surface area contributed by atoms with E-state index in [0.29, 0.717) is 5.41 Å². The van der Waals surface area contributed by atoms with Crippen LogP contribution in [0.15, 0.2) is 0 Å². The highest BCUT2D eigenvalue weighted by Crippen LogP contribution is 2.28. The Balaban J connectivity index is 0.000000281. The van der Waals surface area contributed by atoms with Crippen LogP contribution in [-0.2, 0) is 4.79 Å². The minimum Gasteiger partial charge on any atom is -0.343 e. The molecule has 0 aromatic heterocycles. The average molecular weight is 228 g/mol. The van der Waals surface area contributed by atoms with Crippen molar-refractivity contribution in [2.45, 2.75) is 41.0 Å². The van der Waals surface area contributed by atoms with Gasteiger partial charge in [-0.2, -0.15) is 0 Å². The molecule has 1 aliphatic heterocycles. The summed E-state index contributed by atoms with van der Waals surface area (Å²) in [7, 11) is 0. The van der Waals surface area contributed by atoms with E-state index in [1.807, 2.05) is 0 Å². The predicted octanol–water partition coefficient (Wildman–Crippen LogP) is 2.13. The second kappa shape index (κ2) is 7.66. The molecule has 1 fully saturated rings. The van der Waals surface area contributed by atoms with Crippen molar-refractivity contribution in [1.29, 1.82) is 0 Å². The fraction of sp³-hybridized carbons (Fsp3) is 0.923. The summed E-state index contributed by atoms with van der Waals surface area (Å²) in [6, 6.07) is 0. The van der Waals surface area contributed by atoms with Gasteiger partial charge in [0, 0.05) is 26.2 Å². The number of carbonyl (C=O) groups is 1. The number of rotatable bonds is 3. The van der Waals surface area contributed by atoms with E-state index in [0.717, 1.165) is 38.5 Å². The molecular weight excluding hydrogens is 200 g/mol. The standard InChI is InChI=1S/C8H18.C5H10N2O/c1-6-8(4,5)7(2)3;8-5-7-3-1-6-2-4-7/h7H,6H2,1-5H3;5-6H,1-4H2. The number of piperazine rings is 1. The summed E-state index contributed by atoms with van der Waals surface area (Å²) in [5, 5.41) is 3.15. The van der Waals surface area contributed by atoms with Crippen molar-refractivity contribution in [1.82, 2.24) is 10.2 Å². The number of hydrogen-bond acceptors (Lipinski definition) is 2. The lowest BCUT2D eigenvalue weighted by Gasteiger charge is -2.27. The number of nitrogens with one attached hydrogen (secondary N) is 1. The maximum Gasteiger partial charge on any atom is 0.209 e. The highest BCUT2D eigenvalue weighted by atomic mass is 16.1. The van der Waals surface area contributed by atoms with Gasteiger partial charge >= 0.3 is 0 Å². The SMILES string of the molecule is CCC(C)(C)C(C)C.O=CN1CCNCC1. The summed E-state index contributed by atoms with van der Waals surface area (Å²) in [5.74, 6) is 0.812. The molecule has 0 aromatic carbocycles. The monoisotopic (exact) mass is 228 g/mol. The van der Waals surface area contributed by atoms with E-state index in [-0.39, 0.29) is 0 Å². The van der Waals surface area contributed by atoms with Crippen LogP contribution in [-0.4, -0.2) is 37.5 Å². The molecule has 1 rings (SSSR count). The van der Waals surface area contributed by atoms with Crippen molar-refractivity contribution < 1.29 is 4.79 Å². The third-order valence-electron chi connectivity index (χ3n) is 3.77. The first-order chi connectivity index (χ1) is 7.44. The normalized spacial score (nSPS) is 16.8. The van der Waals surface area contributed by atoms with Gasteiger partial charge in [0.05, 0.1) is 0 Å². The molecule has 96 valence electrons. The minimum atomic E-state index is 0.542. The molecule has 0 unspecified atom stereocenters. The Hall–Kier alpha value is -0.570. The van der Waals surface area contributed by atoms with Gasteiger partial charge in [0.25, 0.3) is 0 Å². The smallest absolute Gasteiger partial charge is 0.209 e. The van der Waals surface area contributed by atoms with Crippen LogP contribution in [0.25, 0.3) is 0 Å². The molecule has 1 amide bonds. The fourth-order valence-corrected chi connectivity index (χ4v) is 1.20. The van der Waals surface area contributed by atoms with Crippen molar-refractivity contribution in [3.8, 4) is 0 Å². The second-order valence-electron chi connectivity index (χ2n) is 5.39. The van der Waals surface area contributed by atoms with Crippen LogP contribution in [0.2, 0.25) is 0 Å². The van der Waals surface area contributed by atoms with Crippen molar-refractivity contribution in [2.24, 2.45) is 11.3 Å². The molecule has 0 bridgehead atoms. The third-order valence-corrected chi connectivity index (χ3v) is 3.77. The summed E-state index contributed by atoms with van der Waals surface area (Å²) in [4.78, 5) is 11.8. The summed E-state index contributed by atoms with van der Waals surface area (Å²) in [6.45, 7) is 15.1. The zero-order valence-electron chi connectivity index (χ0n) is 11.5. The molecular formula is C13H28N2O. The van der Waals surface area contributed by atoms with Crippen molar-refractivity contribution in [2.75, 3.05) is 26.2 Å². The zero-order chi connectivity index (χ0) is 12.6. The Morgan fingerprint density at radius 1 is 1.31 bits per heavy atom. The van der Waals surface area contributed by atoms with Gasteiger partial charge in [-0.15, -0.1) is 0 Å². The molecule has 0 aliphatic carbocycles. The van der Waals surface area contributed by atoms with Crippen LogP contribution in [0.4, 0.5) is 0 Å². The highest BCUT2D eigenvalue weighted by molar-refractivity contribution is 5.47. The van der Waals surface area contributed by atoms with E-state index in [4.69, 9.17) is 0 Å². The molecule has 16 heavy (non-hydrogen) atoms. The molecule has 0 aromatic rings. The van der Waals surface area contributed by atoms with Crippen LogP contribution in [0.5, 0.6) is 0 Å². The molecule has 0 atom stereocenters. The summed E-state index contributed by atoms with van der Waals surface area (Å²) in [6.07, 6.45) is 2.19. The Labute approximate surface area is 101 Å². The van der Waals surface area contributed by atoms with Gasteiger partial charge in [-0.1, -0.05) is 41.0 Å². The zero-order valence-corrected chi connectivity index (χ0v) is 11.5. The van der Waals surface area contributed by atoms with Gasteiger partial charge < -0.3 is 10.2 Å². The third kappa shape index (κ3) is 6.11. The van der Waals surface area contributed by atoms with Crippen LogP contribution in [0.1, 0.15) is 41.0 Å². The van der Waals surface area contributed by atoms with E-state index in [9.17, 15) is 4.79 Å². The Morgan fingerprint density at radius 2 is 1.81 bits per heavy atom. The first-order valence-corrected chi connectivity index (χ1v) is 6.34. The molecule has 0 spiro atoms. The van der Waals surface area contributed by atoms with Crippen LogP contribution >= 0.6 is 0 Å². The molecule has 0 radical (unpaired) electrons. The van der Waals surface area contributed by atoms with Gasteiger partial charge in [-0.25, -0.2) is 0 Å². The Morgan fingerprint density at radius 3 is 2.00 bits per heavy atom. The summed E-state index contributed by atoms with van der Waals surface area (Å²) >= 11 is 0. The first kappa shape index (κ1) is 15.4. The van der Waals surface area contributed by atoms with Crippen LogP contribution < -0.4 is 5.32 Å². The van der Waals surface area contributed by atoms with Gasteiger partial charge in [-0.3, -0.25) is 4.79 Å². The predicted molar refractivity (Wildman–Crippen MR) is 69.4 cm³/mol. The lowest BCUT2D eigenvalue weighted by Crippen LogP contribution is -2.42. The topological polar surface area (TPSA) is 32.3 Å². The number of carbonyl (C=O) groups excluding carboxylic acids is 1. The van der Waals surface area contributed by atoms with E-state index < -0.39 is 0 Å². The Kier molecular flexibility index (Phi) is 7.39. The lowest BCUT2D eigenvalue weighted by molar-refractivity contribution is -0.118. The number of amides is 1.